The van der Waals surface area contributed by atoms with E-state index >= 15 is 0 Å². The predicted molar refractivity (Wildman–Crippen MR) is 116 cm³/mol. The van der Waals surface area contributed by atoms with Gasteiger partial charge in [-0.05, 0) is 50.5 Å². The smallest absolute Gasteiger partial charge is 0.279 e. The molecule has 30 heavy (non-hydrogen) atoms. The van der Waals surface area contributed by atoms with Crippen LogP contribution in [-0.4, -0.2) is 64.8 Å². The molecule has 0 unspecified atom stereocenters. The Morgan fingerprint density at radius 3 is 2.57 bits per heavy atom. The number of carbonyl (C=O) groups excluding carboxylic acids is 3. The summed E-state index contributed by atoms with van der Waals surface area (Å²) in [6.45, 7) is 3.86. The fourth-order valence-electron chi connectivity index (χ4n) is 3.01. The summed E-state index contributed by atoms with van der Waals surface area (Å²) in [5, 5.41) is 10.6. The summed E-state index contributed by atoms with van der Waals surface area (Å²) in [7, 11) is 0. The van der Waals surface area contributed by atoms with Crippen LogP contribution in [0.5, 0.6) is 5.75 Å². The minimum absolute atomic E-state index is 0.0201. The molecule has 1 aromatic rings. The van der Waals surface area contributed by atoms with E-state index in [1.807, 2.05) is 6.92 Å². The maximum atomic E-state index is 12.3. The third-order valence-corrected chi connectivity index (χ3v) is 5.40. The zero-order valence-corrected chi connectivity index (χ0v) is 17.5. The Hall–Kier alpha value is -3.01. The molecule has 9 nitrogen and oxygen atoms in total. The van der Waals surface area contributed by atoms with Crippen LogP contribution >= 0.6 is 11.8 Å². The molecule has 3 amide bonds. The number of nitrogens with one attached hydrogen (secondary N) is 2. The fourth-order valence-corrected chi connectivity index (χ4v) is 3.77. The number of likely N-dealkylation sites (tertiary alicyclic amines) is 1. The van der Waals surface area contributed by atoms with E-state index < -0.39 is 17.6 Å². The molecule has 0 spiro atoms. The first-order valence-electron chi connectivity index (χ1n) is 9.73. The van der Waals surface area contributed by atoms with E-state index in [0.29, 0.717) is 12.4 Å². The highest BCUT2D eigenvalue weighted by molar-refractivity contribution is 8.14. The van der Waals surface area contributed by atoms with E-state index in [2.05, 4.69) is 15.3 Å². The van der Waals surface area contributed by atoms with Gasteiger partial charge in [0, 0.05) is 18.7 Å². The van der Waals surface area contributed by atoms with E-state index in [4.69, 9.17) is 10.1 Å². The van der Waals surface area contributed by atoms with E-state index in [0.717, 1.165) is 44.1 Å². The van der Waals surface area contributed by atoms with Gasteiger partial charge in [0.1, 0.15) is 5.75 Å². The zero-order valence-electron chi connectivity index (χ0n) is 16.6. The maximum absolute atomic E-state index is 12.3. The van der Waals surface area contributed by atoms with Crippen molar-refractivity contribution in [3.05, 3.63) is 29.8 Å². The molecule has 0 aromatic heterocycles. The Morgan fingerprint density at radius 2 is 1.93 bits per heavy atom. The van der Waals surface area contributed by atoms with Gasteiger partial charge in [0.25, 0.3) is 11.8 Å². The summed E-state index contributed by atoms with van der Waals surface area (Å²) in [6.07, 6.45) is 3.14. The average Bonchev–Trinajstić information content (AvgIpc) is 2.76. The van der Waals surface area contributed by atoms with Crippen LogP contribution in [0.2, 0.25) is 0 Å². The molecule has 2 N–H and O–H groups in total. The second-order valence-electron chi connectivity index (χ2n) is 6.67. The minimum atomic E-state index is -0.692. The molecule has 0 atom stereocenters. The van der Waals surface area contributed by atoms with Crippen molar-refractivity contribution in [2.45, 2.75) is 26.2 Å². The highest BCUT2D eigenvalue weighted by atomic mass is 32.2. The summed E-state index contributed by atoms with van der Waals surface area (Å²) in [5.41, 5.74) is -0.0941. The number of ether oxygens (including phenoxy) is 1. The standard InChI is InChI=1S/C20H23N5O4S/c1-2-29-14-8-6-13(7-9-14)18(27)22-16-17(21)23-20(24-19(16)28)30-12-15(26)25-10-4-3-5-11-25/h6-9H,2-5,10-12H2,1H3,(H2,21,23,24,28). The largest absolute Gasteiger partial charge is 0.494 e. The Kier molecular flexibility index (Phi) is 7.34. The molecule has 10 heteroatoms. The molecule has 1 aromatic carbocycles. The van der Waals surface area contributed by atoms with Crippen molar-refractivity contribution in [1.29, 1.82) is 5.41 Å². The molecule has 3 rings (SSSR count). The highest BCUT2D eigenvalue weighted by Crippen LogP contribution is 2.15. The first kappa shape index (κ1) is 21.7. The van der Waals surface area contributed by atoms with Crippen molar-refractivity contribution in [3.63, 3.8) is 0 Å². The number of carbonyl (C=O) groups is 3. The summed E-state index contributed by atoms with van der Waals surface area (Å²) >= 11 is 1.06. The van der Waals surface area contributed by atoms with Crippen LogP contribution in [-0.2, 0) is 9.59 Å². The van der Waals surface area contributed by atoms with Gasteiger partial charge in [-0.1, -0.05) is 11.8 Å². The van der Waals surface area contributed by atoms with E-state index in [1.54, 1.807) is 29.2 Å². The molecule has 0 saturated carbocycles. The second-order valence-corrected chi connectivity index (χ2v) is 7.64. The average molecular weight is 430 g/mol. The SMILES string of the molecule is CCOc1ccc(C(=O)N=C2C(=N)N=C(SCC(=O)N3CCCCC3)NC2=O)cc1. The third kappa shape index (κ3) is 5.53. The Labute approximate surface area is 178 Å². The van der Waals surface area contributed by atoms with Gasteiger partial charge in [-0.25, -0.2) is 4.99 Å². The number of aliphatic imine (C=N–C) groups is 2. The van der Waals surface area contributed by atoms with Crippen LogP contribution in [0.25, 0.3) is 0 Å². The van der Waals surface area contributed by atoms with Crippen LogP contribution in [0.4, 0.5) is 0 Å². The number of nitrogens with zero attached hydrogens (tertiary/aromatic N) is 3. The van der Waals surface area contributed by atoms with Crippen LogP contribution < -0.4 is 10.1 Å². The minimum Gasteiger partial charge on any atom is -0.494 e. The Morgan fingerprint density at radius 1 is 1.23 bits per heavy atom. The molecular weight excluding hydrogens is 406 g/mol. The number of rotatable bonds is 5. The number of hydrogen-bond acceptors (Lipinski definition) is 6. The van der Waals surface area contributed by atoms with Crippen molar-refractivity contribution in [1.82, 2.24) is 10.2 Å². The molecule has 2 aliphatic rings. The molecule has 1 fully saturated rings. The number of piperidine rings is 1. The van der Waals surface area contributed by atoms with Crippen LogP contribution in [0.3, 0.4) is 0 Å². The fraction of sp³-hybridized carbons (Fsp3) is 0.400. The lowest BCUT2D eigenvalue weighted by Crippen LogP contribution is -2.44. The van der Waals surface area contributed by atoms with Crippen molar-refractivity contribution in [3.8, 4) is 5.75 Å². The van der Waals surface area contributed by atoms with E-state index in [1.165, 1.54) is 0 Å². The van der Waals surface area contributed by atoms with Gasteiger partial charge in [0.2, 0.25) is 5.91 Å². The number of benzene rings is 1. The van der Waals surface area contributed by atoms with Gasteiger partial charge in [0.15, 0.2) is 16.7 Å². The normalized spacial score (nSPS) is 18.1. The van der Waals surface area contributed by atoms with E-state index in [-0.39, 0.29) is 28.1 Å². The van der Waals surface area contributed by atoms with Gasteiger partial charge in [-0.15, -0.1) is 0 Å². The second kappa shape index (κ2) is 10.1. The van der Waals surface area contributed by atoms with Crippen molar-refractivity contribution in [2.24, 2.45) is 9.98 Å². The summed E-state index contributed by atoms with van der Waals surface area (Å²) in [6, 6.07) is 6.35. The number of amidine groups is 2. The van der Waals surface area contributed by atoms with Crippen LogP contribution in [0, 0.1) is 5.41 Å². The van der Waals surface area contributed by atoms with Crippen molar-refractivity contribution >= 4 is 46.2 Å². The molecular formula is C20H23N5O4S. The van der Waals surface area contributed by atoms with E-state index in [9.17, 15) is 14.4 Å². The molecule has 0 bridgehead atoms. The quantitative estimate of drug-likeness (QED) is 0.739. The Balaban J connectivity index is 1.62. The molecule has 1 saturated heterocycles. The highest BCUT2D eigenvalue weighted by Gasteiger charge is 2.27. The van der Waals surface area contributed by atoms with Crippen molar-refractivity contribution in [2.75, 3.05) is 25.4 Å². The number of thioether (sulfide) groups is 1. The van der Waals surface area contributed by atoms with Gasteiger partial charge >= 0.3 is 0 Å². The van der Waals surface area contributed by atoms with Gasteiger partial charge < -0.3 is 9.64 Å². The topological polar surface area (TPSA) is 124 Å². The summed E-state index contributed by atoms with van der Waals surface area (Å²) in [5.74, 6) is -1.03. The molecule has 0 radical (unpaired) electrons. The first-order valence-corrected chi connectivity index (χ1v) is 10.7. The molecule has 0 aliphatic carbocycles. The lowest BCUT2D eigenvalue weighted by atomic mass is 10.1. The first-order chi connectivity index (χ1) is 14.5. The van der Waals surface area contributed by atoms with Gasteiger partial charge in [-0.2, -0.15) is 4.99 Å². The monoisotopic (exact) mass is 429 g/mol. The third-order valence-electron chi connectivity index (χ3n) is 4.54. The zero-order chi connectivity index (χ0) is 21.5. The molecule has 158 valence electrons. The number of hydrogen-bond donors (Lipinski definition) is 2. The predicted octanol–water partition coefficient (Wildman–Crippen LogP) is 1.88. The summed E-state index contributed by atoms with van der Waals surface area (Å²) in [4.78, 5) is 46.4. The van der Waals surface area contributed by atoms with Crippen LogP contribution in [0.15, 0.2) is 34.3 Å². The molecule has 2 aliphatic heterocycles. The van der Waals surface area contributed by atoms with Gasteiger partial charge in [0.05, 0.1) is 12.4 Å². The lowest BCUT2D eigenvalue weighted by Gasteiger charge is -2.26. The summed E-state index contributed by atoms with van der Waals surface area (Å²) < 4.78 is 5.32. The molecule has 2 heterocycles. The lowest BCUT2D eigenvalue weighted by molar-refractivity contribution is -0.129. The van der Waals surface area contributed by atoms with Gasteiger partial charge in [-0.3, -0.25) is 25.1 Å². The van der Waals surface area contributed by atoms with Crippen LogP contribution in [0.1, 0.15) is 36.5 Å². The Bertz CT molecular complexity index is 904. The maximum Gasteiger partial charge on any atom is 0.279 e. The van der Waals surface area contributed by atoms with Crippen molar-refractivity contribution < 1.29 is 19.1 Å². The number of amides is 3.